The third kappa shape index (κ3) is 5.34. The van der Waals surface area contributed by atoms with Crippen molar-refractivity contribution in [1.29, 1.82) is 0 Å². The Bertz CT molecular complexity index is 790. The summed E-state index contributed by atoms with van der Waals surface area (Å²) in [6, 6.07) is 1.68. The first-order chi connectivity index (χ1) is 11.9. The van der Waals surface area contributed by atoms with E-state index in [-0.39, 0.29) is 36.1 Å². The Labute approximate surface area is 158 Å². The number of nitrogens with one attached hydrogen (secondary N) is 2. The van der Waals surface area contributed by atoms with Crippen molar-refractivity contribution in [3.8, 4) is 11.6 Å². The quantitative estimate of drug-likeness (QED) is 0.660. The van der Waals surface area contributed by atoms with Gasteiger partial charge < -0.3 is 16.0 Å². The molecule has 26 heavy (non-hydrogen) atoms. The van der Waals surface area contributed by atoms with Crippen LogP contribution in [0.1, 0.15) is 37.9 Å². The van der Waals surface area contributed by atoms with Crippen molar-refractivity contribution in [2.24, 2.45) is 5.73 Å². The molecule has 0 bridgehead atoms. The molecular formula is C17H25ClN6O2. The fourth-order valence-electron chi connectivity index (χ4n) is 2.34. The lowest BCUT2D eigenvalue weighted by Crippen LogP contribution is -2.49. The molecule has 0 saturated carbocycles. The largest absolute Gasteiger partial charge is 0.354 e. The van der Waals surface area contributed by atoms with Crippen LogP contribution >= 0.6 is 12.4 Å². The normalized spacial score (nSPS) is 10.9. The smallest absolute Gasteiger partial charge is 0.255 e. The lowest BCUT2D eigenvalue weighted by atomic mass is 9.94. The number of hydrogen-bond acceptors (Lipinski definition) is 6. The molecule has 9 heteroatoms. The molecule has 0 radical (unpaired) electrons. The maximum Gasteiger partial charge on any atom is 0.255 e. The minimum Gasteiger partial charge on any atom is -0.354 e. The second-order valence-corrected chi connectivity index (χ2v) is 6.07. The van der Waals surface area contributed by atoms with Gasteiger partial charge in [0.15, 0.2) is 11.6 Å². The van der Waals surface area contributed by atoms with Crippen LogP contribution in [-0.4, -0.2) is 37.9 Å². The Balaban J connectivity index is 0.00000338. The van der Waals surface area contributed by atoms with E-state index < -0.39 is 5.54 Å². The highest BCUT2D eigenvalue weighted by Gasteiger charge is 2.21. The summed E-state index contributed by atoms with van der Waals surface area (Å²) in [7, 11) is 0. The molecule has 2 rings (SSSR count). The van der Waals surface area contributed by atoms with Crippen molar-refractivity contribution in [1.82, 2.24) is 25.3 Å². The van der Waals surface area contributed by atoms with Gasteiger partial charge in [-0.25, -0.2) is 15.0 Å². The van der Waals surface area contributed by atoms with Gasteiger partial charge in [-0.2, -0.15) is 0 Å². The van der Waals surface area contributed by atoms with Crippen LogP contribution in [0.25, 0.3) is 11.6 Å². The molecular weight excluding hydrogens is 356 g/mol. The van der Waals surface area contributed by atoms with Gasteiger partial charge in [-0.1, -0.05) is 13.8 Å². The van der Waals surface area contributed by atoms with Crippen LogP contribution in [-0.2, 0) is 11.2 Å². The minimum absolute atomic E-state index is 0. The van der Waals surface area contributed by atoms with Crippen LogP contribution in [0.4, 0.5) is 0 Å². The maximum atomic E-state index is 12.3. The summed E-state index contributed by atoms with van der Waals surface area (Å²) in [4.78, 5) is 39.6. The van der Waals surface area contributed by atoms with E-state index >= 15 is 0 Å². The summed E-state index contributed by atoms with van der Waals surface area (Å²) in [5, 5.41) is 2.81. The number of H-pyrrole nitrogens is 1. The molecule has 0 aliphatic rings. The maximum absolute atomic E-state index is 12.3. The average Bonchev–Trinajstić information content (AvgIpc) is 2.63. The molecule has 0 aromatic carbocycles. The Morgan fingerprint density at radius 2 is 1.88 bits per heavy atom. The van der Waals surface area contributed by atoms with E-state index in [9.17, 15) is 9.59 Å². The number of amides is 1. The Morgan fingerprint density at radius 1 is 1.27 bits per heavy atom. The van der Waals surface area contributed by atoms with Crippen LogP contribution in [0.2, 0.25) is 0 Å². The van der Waals surface area contributed by atoms with E-state index in [2.05, 4.69) is 25.3 Å². The van der Waals surface area contributed by atoms with Crippen molar-refractivity contribution < 1.29 is 4.79 Å². The third-order valence-electron chi connectivity index (χ3n) is 4.38. The van der Waals surface area contributed by atoms with Gasteiger partial charge in [0.25, 0.3) is 5.56 Å². The summed E-state index contributed by atoms with van der Waals surface area (Å²) in [6.07, 6.45) is 4.61. The number of rotatable bonds is 7. The van der Waals surface area contributed by atoms with Crippen molar-refractivity contribution in [2.45, 2.75) is 45.6 Å². The molecule has 142 valence electrons. The first-order valence-corrected chi connectivity index (χ1v) is 8.31. The molecule has 0 aliphatic carbocycles. The van der Waals surface area contributed by atoms with Crippen LogP contribution in [0.3, 0.4) is 0 Å². The Hall–Kier alpha value is -2.32. The molecule has 0 saturated heterocycles. The van der Waals surface area contributed by atoms with Gasteiger partial charge in [-0.15, -0.1) is 12.4 Å². The van der Waals surface area contributed by atoms with Gasteiger partial charge >= 0.3 is 0 Å². The monoisotopic (exact) mass is 380 g/mol. The summed E-state index contributed by atoms with van der Waals surface area (Å²) < 4.78 is 0. The van der Waals surface area contributed by atoms with Crippen molar-refractivity contribution in [3.63, 3.8) is 0 Å². The zero-order valence-electron chi connectivity index (χ0n) is 15.2. The van der Waals surface area contributed by atoms with Crippen LogP contribution in [0.5, 0.6) is 0 Å². The molecule has 0 atom stereocenters. The molecule has 2 aromatic heterocycles. The van der Waals surface area contributed by atoms with E-state index in [1.165, 1.54) is 0 Å². The third-order valence-corrected chi connectivity index (χ3v) is 4.38. The SMILES string of the molecule is CCC(N)(CC)CNC(=O)Cc1c(C)nc(-c2ncccn2)[nH]c1=O.Cl. The first-order valence-electron chi connectivity index (χ1n) is 8.31. The number of nitrogens with two attached hydrogens (primary N) is 1. The Kier molecular flexibility index (Phi) is 7.85. The average molecular weight is 381 g/mol. The lowest BCUT2D eigenvalue weighted by molar-refractivity contribution is -0.120. The van der Waals surface area contributed by atoms with E-state index in [0.29, 0.717) is 23.6 Å². The van der Waals surface area contributed by atoms with Gasteiger partial charge in [0.05, 0.1) is 6.42 Å². The van der Waals surface area contributed by atoms with E-state index in [0.717, 1.165) is 12.8 Å². The van der Waals surface area contributed by atoms with Crippen LogP contribution in [0, 0.1) is 6.92 Å². The molecule has 4 N–H and O–H groups in total. The summed E-state index contributed by atoms with van der Waals surface area (Å²) in [5.41, 5.74) is 6.19. The summed E-state index contributed by atoms with van der Waals surface area (Å²) in [6.45, 7) is 6.03. The summed E-state index contributed by atoms with van der Waals surface area (Å²) >= 11 is 0. The second kappa shape index (κ2) is 9.40. The molecule has 1 amide bonds. The van der Waals surface area contributed by atoms with E-state index in [1.54, 1.807) is 25.4 Å². The van der Waals surface area contributed by atoms with Gasteiger partial charge in [-0.3, -0.25) is 9.59 Å². The number of carbonyl (C=O) groups is 1. The predicted octanol–water partition coefficient (Wildman–Crippen LogP) is 1.13. The van der Waals surface area contributed by atoms with E-state index in [4.69, 9.17) is 5.73 Å². The van der Waals surface area contributed by atoms with Crippen LogP contribution in [0.15, 0.2) is 23.3 Å². The zero-order valence-corrected chi connectivity index (χ0v) is 16.0. The predicted molar refractivity (Wildman–Crippen MR) is 102 cm³/mol. The summed E-state index contributed by atoms with van der Waals surface area (Å²) in [5.74, 6) is 0.360. The van der Waals surface area contributed by atoms with E-state index in [1.807, 2.05) is 13.8 Å². The number of aromatic nitrogens is 4. The second-order valence-electron chi connectivity index (χ2n) is 6.07. The van der Waals surface area contributed by atoms with Crippen LogP contribution < -0.4 is 16.6 Å². The molecule has 8 nitrogen and oxygen atoms in total. The van der Waals surface area contributed by atoms with Crippen molar-refractivity contribution in [2.75, 3.05) is 6.54 Å². The first kappa shape index (κ1) is 21.7. The number of carbonyl (C=O) groups excluding carboxylic acids is 1. The number of aromatic amines is 1. The number of halogens is 1. The molecule has 0 spiro atoms. The number of hydrogen-bond donors (Lipinski definition) is 3. The molecule has 0 aliphatic heterocycles. The highest BCUT2D eigenvalue weighted by Crippen LogP contribution is 2.10. The van der Waals surface area contributed by atoms with Gasteiger partial charge in [0.1, 0.15) is 0 Å². The van der Waals surface area contributed by atoms with Crippen molar-refractivity contribution >= 4 is 18.3 Å². The van der Waals surface area contributed by atoms with Gasteiger partial charge in [0.2, 0.25) is 5.91 Å². The molecule has 0 fully saturated rings. The molecule has 2 aromatic rings. The number of aryl methyl sites for hydroxylation is 1. The van der Waals surface area contributed by atoms with Gasteiger partial charge in [0, 0.05) is 35.7 Å². The van der Waals surface area contributed by atoms with Crippen molar-refractivity contribution in [3.05, 3.63) is 40.1 Å². The fraction of sp³-hybridized carbons (Fsp3) is 0.471. The fourth-order valence-corrected chi connectivity index (χ4v) is 2.34. The zero-order chi connectivity index (χ0) is 18.4. The van der Waals surface area contributed by atoms with Gasteiger partial charge in [-0.05, 0) is 25.8 Å². The lowest BCUT2D eigenvalue weighted by Gasteiger charge is -2.26. The Morgan fingerprint density at radius 3 is 2.42 bits per heavy atom. The highest BCUT2D eigenvalue weighted by molar-refractivity contribution is 5.85. The molecule has 2 heterocycles. The molecule has 0 unspecified atom stereocenters. The highest BCUT2D eigenvalue weighted by atomic mass is 35.5. The standard InChI is InChI=1S/C17H24N6O2.ClH/c1-4-17(18,5-2)10-21-13(24)9-12-11(3)22-15(23-16(12)25)14-19-7-6-8-20-14;/h6-8H,4-5,9-10,18H2,1-3H3,(H,21,24)(H,22,23,25);1H. The topological polar surface area (TPSA) is 127 Å². The minimum atomic E-state index is -0.427. The number of nitrogens with zero attached hydrogens (tertiary/aromatic N) is 3.